The Bertz CT molecular complexity index is 1050. The van der Waals surface area contributed by atoms with Gasteiger partial charge in [0.1, 0.15) is 18.0 Å². The molecule has 1 N–H and O–H groups in total. The second-order valence-electron chi connectivity index (χ2n) is 7.53. The van der Waals surface area contributed by atoms with Gasteiger partial charge in [0.25, 0.3) is 5.91 Å². The second kappa shape index (κ2) is 8.46. The van der Waals surface area contributed by atoms with Crippen molar-refractivity contribution < 1.29 is 9.53 Å². The van der Waals surface area contributed by atoms with Crippen LogP contribution >= 0.6 is 0 Å². The van der Waals surface area contributed by atoms with Crippen molar-refractivity contribution >= 4 is 11.6 Å². The highest BCUT2D eigenvalue weighted by molar-refractivity contribution is 6.02. The number of rotatable bonds is 7. The van der Waals surface area contributed by atoms with E-state index in [2.05, 4.69) is 24.0 Å². The lowest BCUT2D eigenvalue weighted by molar-refractivity contribution is 0.0533. The highest BCUT2D eigenvalue weighted by Gasteiger charge is 2.43. The SMILES string of the molecule is C=CCOc1ccccc1C1(C)Nc2ccccc2C(=O)N1CCc1ccccc1. The molecule has 0 saturated heterocycles. The average molecular weight is 399 g/mol. The van der Waals surface area contributed by atoms with Gasteiger partial charge in [-0.3, -0.25) is 4.79 Å². The molecule has 3 aromatic carbocycles. The average Bonchev–Trinajstić information content (AvgIpc) is 2.78. The molecule has 4 heteroatoms. The number of hydrogen-bond donors (Lipinski definition) is 1. The molecular weight excluding hydrogens is 372 g/mol. The van der Waals surface area contributed by atoms with E-state index in [1.807, 2.05) is 78.6 Å². The first kappa shape index (κ1) is 19.8. The number of nitrogens with one attached hydrogen (secondary N) is 1. The first-order valence-electron chi connectivity index (χ1n) is 10.2. The van der Waals surface area contributed by atoms with Gasteiger partial charge in [0.2, 0.25) is 0 Å². The molecule has 3 aromatic rings. The Morgan fingerprint density at radius 2 is 1.70 bits per heavy atom. The van der Waals surface area contributed by atoms with Crippen molar-refractivity contribution in [1.82, 2.24) is 4.90 Å². The lowest BCUT2D eigenvalue weighted by atomic mass is 9.92. The van der Waals surface area contributed by atoms with E-state index in [1.165, 1.54) is 5.56 Å². The molecule has 152 valence electrons. The largest absolute Gasteiger partial charge is 0.489 e. The number of para-hydroxylation sites is 2. The Labute approximate surface area is 177 Å². The van der Waals surface area contributed by atoms with E-state index in [-0.39, 0.29) is 5.91 Å². The third kappa shape index (κ3) is 3.69. The van der Waals surface area contributed by atoms with Crippen LogP contribution in [0.15, 0.2) is 91.5 Å². The lowest BCUT2D eigenvalue weighted by Gasteiger charge is -2.47. The van der Waals surface area contributed by atoms with Crippen molar-refractivity contribution in [2.24, 2.45) is 0 Å². The zero-order valence-corrected chi connectivity index (χ0v) is 17.2. The molecule has 1 aliphatic heterocycles. The molecule has 1 aliphatic rings. The summed E-state index contributed by atoms with van der Waals surface area (Å²) in [6.07, 6.45) is 2.49. The quantitative estimate of drug-likeness (QED) is 0.554. The molecule has 0 bridgehead atoms. The molecule has 0 fully saturated rings. The number of benzene rings is 3. The van der Waals surface area contributed by atoms with Crippen LogP contribution in [0.5, 0.6) is 5.75 Å². The monoisotopic (exact) mass is 398 g/mol. The predicted octanol–water partition coefficient (Wildman–Crippen LogP) is 5.23. The van der Waals surface area contributed by atoms with Gasteiger partial charge in [-0.2, -0.15) is 0 Å². The summed E-state index contributed by atoms with van der Waals surface area (Å²) in [5.74, 6) is 0.755. The van der Waals surface area contributed by atoms with Crippen LogP contribution in [0.3, 0.4) is 0 Å². The third-order valence-corrected chi connectivity index (χ3v) is 5.56. The first-order chi connectivity index (χ1) is 14.6. The molecule has 1 amide bonds. The predicted molar refractivity (Wildman–Crippen MR) is 121 cm³/mol. The molecule has 0 saturated carbocycles. The molecular formula is C26H26N2O2. The fourth-order valence-corrected chi connectivity index (χ4v) is 4.02. The maximum Gasteiger partial charge on any atom is 0.258 e. The van der Waals surface area contributed by atoms with Crippen molar-refractivity contribution in [3.05, 3.63) is 108 Å². The summed E-state index contributed by atoms with van der Waals surface area (Å²) in [5.41, 5.74) is 2.88. The Hall–Kier alpha value is -3.53. The molecule has 0 radical (unpaired) electrons. The molecule has 1 heterocycles. The van der Waals surface area contributed by atoms with Crippen LogP contribution < -0.4 is 10.1 Å². The number of carbonyl (C=O) groups is 1. The second-order valence-corrected chi connectivity index (χ2v) is 7.53. The van der Waals surface area contributed by atoms with Crippen molar-refractivity contribution in [2.45, 2.75) is 19.0 Å². The molecule has 0 spiro atoms. The summed E-state index contributed by atoms with van der Waals surface area (Å²) < 4.78 is 5.94. The number of fused-ring (bicyclic) bond motifs is 1. The molecule has 0 aromatic heterocycles. The van der Waals surface area contributed by atoms with Crippen LogP contribution in [-0.4, -0.2) is 24.0 Å². The summed E-state index contributed by atoms with van der Waals surface area (Å²) >= 11 is 0. The van der Waals surface area contributed by atoms with Crippen LogP contribution in [0.25, 0.3) is 0 Å². The molecule has 1 unspecified atom stereocenters. The smallest absolute Gasteiger partial charge is 0.258 e. The van der Waals surface area contributed by atoms with Gasteiger partial charge in [-0.15, -0.1) is 0 Å². The van der Waals surface area contributed by atoms with Crippen LogP contribution in [0.1, 0.15) is 28.4 Å². The van der Waals surface area contributed by atoms with Gasteiger partial charge in [-0.25, -0.2) is 0 Å². The number of carbonyl (C=O) groups excluding carboxylic acids is 1. The molecule has 4 rings (SSSR count). The minimum atomic E-state index is -0.752. The zero-order valence-electron chi connectivity index (χ0n) is 17.2. The van der Waals surface area contributed by atoms with Crippen LogP contribution in [0, 0.1) is 0 Å². The van der Waals surface area contributed by atoms with Gasteiger partial charge in [0, 0.05) is 17.8 Å². The normalized spacial score (nSPS) is 17.8. The standard InChI is InChI=1S/C26H26N2O2/c1-3-19-30-24-16-10-8-14-22(24)26(2)27-23-15-9-7-13-21(23)25(29)28(26)18-17-20-11-5-4-6-12-20/h3-16,27H,1,17-19H2,2H3. The van der Waals surface area contributed by atoms with Gasteiger partial charge >= 0.3 is 0 Å². The number of ether oxygens (including phenoxy) is 1. The van der Waals surface area contributed by atoms with Crippen LogP contribution in [0.4, 0.5) is 5.69 Å². The van der Waals surface area contributed by atoms with Crippen molar-refractivity contribution in [2.75, 3.05) is 18.5 Å². The highest BCUT2D eigenvalue weighted by atomic mass is 16.5. The Kier molecular flexibility index (Phi) is 5.57. The van der Waals surface area contributed by atoms with Crippen molar-refractivity contribution in [1.29, 1.82) is 0 Å². The third-order valence-electron chi connectivity index (χ3n) is 5.56. The molecule has 30 heavy (non-hydrogen) atoms. The molecule has 0 aliphatic carbocycles. The summed E-state index contributed by atoms with van der Waals surface area (Å²) in [6, 6.07) is 25.8. The zero-order chi connectivity index (χ0) is 21.0. The van der Waals surface area contributed by atoms with E-state index >= 15 is 0 Å². The highest BCUT2D eigenvalue weighted by Crippen LogP contribution is 2.41. The fourth-order valence-electron chi connectivity index (χ4n) is 4.02. The summed E-state index contributed by atoms with van der Waals surface area (Å²) in [5, 5.41) is 3.62. The van der Waals surface area contributed by atoms with Gasteiger partial charge < -0.3 is 15.0 Å². The van der Waals surface area contributed by atoms with E-state index in [1.54, 1.807) is 6.08 Å². The maximum absolute atomic E-state index is 13.6. The molecule has 4 nitrogen and oxygen atoms in total. The van der Waals surface area contributed by atoms with Crippen molar-refractivity contribution in [3.8, 4) is 5.75 Å². The molecule has 1 atom stereocenters. The Balaban J connectivity index is 1.76. The van der Waals surface area contributed by atoms with Crippen LogP contribution in [-0.2, 0) is 12.1 Å². The minimum Gasteiger partial charge on any atom is -0.489 e. The van der Waals surface area contributed by atoms with Gasteiger partial charge in [0.05, 0.1) is 5.56 Å². The Morgan fingerprint density at radius 3 is 2.50 bits per heavy atom. The number of anilines is 1. The number of hydrogen-bond acceptors (Lipinski definition) is 3. The summed E-state index contributed by atoms with van der Waals surface area (Å²) in [7, 11) is 0. The van der Waals surface area contributed by atoms with E-state index < -0.39 is 5.66 Å². The van der Waals surface area contributed by atoms with Gasteiger partial charge in [-0.1, -0.05) is 73.3 Å². The topological polar surface area (TPSA) is 41.6 Å². The van der Waals surface area contributed by atoms with Gasteiger partial charge in [0.15, 0.2) is 0 Å². The summed E-state index contributed by atoms with van der Waals surface area (Å²) in [4.78, 5) is 15.5. The van der Waals surface area contributed by atoms with Crippen molar-refractivity contribution in [3.63, 3.8) is 0 Å². The van der Waals surface area contributed by atoms with E-state index in [9.17, 15) is 4.79 Å². The maximum atomic E-state index is 13.6. The number of nitrogens with zero attached hydrogens (tertiary/aromatic N) is 1. The van der Waals surface area contributed by atoms with Crippen LogP contribution in [0.2, 0.25) is 0 Å². The lowest BCUT2D eigenvalue weighted by Crippen LogP contribution is -2.56. The number of amides is 1. The minimum absolute atomic E-state index is 0.0151. The fraction of sp³-hybridized carbons (Fsp3) is 0.192. The van der Waals surface area contributed by atoms with Gasteiger partial charge in [-0.05, 0) is 37.1 Å². The van der Waals surface area contributed by atoms with E-state index in [0.717, 1.165) is 23.4 Å². The summed E-state index contributed by atoms with van der Waals surface area (Å²) in [6.45, 7) is 6.78. The first-order valence-corrected chi connectivity index (χ1v) is 10.2. The van der Waals surface area contributed by atoms with E-state index in [0.29, 0.717) is 18.7 Å². The van der Waals surface area contributed by atoms with E-state index in [4.69, 9.17) is 4.74 Å². The Morgan fingerprint density at radius 1 is 1.00 bits per heavy atom.